The summed E-state index contributed by atoms with van der Waals surface area (Å²) in [5, 5.41) is 15.0. The van der Waals surface area contributed by atoms with Crippen LogP contribution in [-0.4, -0.2) is 0 Å². The quantitative estimate of drug-likeness (QED) is 0.161. The lowest BCUT2D eigenvalue weighted by Crippen LogP contribution is -2.15. The predicted octanol–water partition coefficient (Wildman–Crippen LogP) is 16.2. The first-order valence-electron chi connectivity index (χ1n) is 19.8. The molecule has 0 saturated carbocycles. The van der Waals surface area contributed by atoms with Crippen LogP contribution in [0.1, 0.15) is 25.0 Å². The first-order chi connectivity index (χ1) is 28.0. The highest BCUT2D eigenvalue weighted by atomic mass is 32.1. The van der Waals surface area contributed by atoms with Gasteiger partial charge in [-0.3, -0.25) is 0 Å². The molecule has 0 fully saturated rings. The normalized spacial score (nSPS) is 13.6. The predicted molar refractivity (Wildman–Crippen MR) is 245 cm³/mol. The number of rotatable bonds is 2. The van der Waals surface area contributed by atoms with Gasteiger partial charge in [-0.05, 0) is 131 Å². The fourth-order valence-corrected chi connectivity index (χ4v) is 11.4. The molecule has 266 valence electrons. The zero-order valence-corrected chi connectivity index (χ0v) is 32.3. The summed E-state index contributed by atoms with van der Waals surface area (Å²) in [7, 11) is 0. The van der Waals surface area contributed by atoms with Crippen LogP contribution in [0.5, 0.6) is 0 Å². The maximum absolute atomic E-state index is 6.58. The minimum atomic E-state index is -0.0735. The molecule has 0 bridgehead atoms. The summed E-state index contributed by atoms with van der Waals surface area (Å²) < 4.78 is 9.21. The van der Waals surface area contributed by atoms with Crippen molar-refractivity contribution in [3.8, 4) is 33.4 Å². The molecule has 13 rings (SSSR count). The molecule has 57 heavy (non-hydrogen) atoms. The summed E-state index contributed by atoms with van der Waals surface area (Å²) in [5.41, 5.74) is 12.4. The Kier molecular flexibility index (Phi) is 6.18. The van der Waals surface area contributed by atoms with E-state index in [-0.39, 0.29) is 5.41 Å². The summed E-state index contributed by atoms with van der Waals surface area (Å²) in [6.45, 7) is 4.76. The average Bonchev–Trinajstić information content (AvgIpc) is 3.90. The molecule has 0 spiro atoms. The number of para-hydroxylation sites is 1. The van der Waals surface area contributed by atoms with Crippen molar-refractivity contribution in [3.05, 3.63) is 181 Å². The van der Waals surface area contributed by atoms with Crippen molar-refractivity contribution >= 4 is 96.5 Å². The first-order valence-corrected chi connectivity index (χ1v) is 20.6. The third-order valence-corrected chi connectivity index (χ3v) is 14.2. The Labute approximate surface area is 333 Å². The van der Waals surface area contributed by atoms with E-state index in [0.717, 1.165) is 21.9 Å². The SMILES string of the molecule is CC1(C)c2ccccc2-c2c1cc(-c1ccc3sc4ccc(-c5ccc6c(c5)c5ccccc5c5c6ccc6c7ccccc7oc65)cc4c3c1)c1ccccc21. The van der Waals surface area contributed by atoms with E-state index < -0.39 is 0 Å². The van der Waals surface area contributed by atoms with Crippen LogP contribution in [0.15, 0.2) is 174 Å². The van der Waals surface area contributed by atoms with Crippen LogP contribution in [-0.2, 0) is 5.41 Å². The van der Waals surface area contributed by atoms with E-state index in [1.165, 1.54) is 108 Å². The zero-order valence-electron chi connectivity index (χ0n) is 31.5. The Hall–Kier alpha value is -6.74. The molecule has 2 heterocycles. The smallest absolute Gasteiger partial charge is 0.143 e. The van der Waals surface area contributed by atoms with Crippen LogP contribution in [0.25, 0.3) is 119 Å². The highest BCUT2D eigenvalue weighted by molar-refractivity contribution is 7.25. The Balaban J connectivity index is 0.991. The molecule has 0 aliphatic heterocycles. The van der Waals surface area contributed by atoms with Gasteiger partial charge in [0.2, 0.25) is 0 Å². The molecule has 2 heteroatoms. The van der Waals surface area contributed by atoms with Gasteiger partial charge < -0.3 is 4.42 Å². The van der Waals surface area contributed by atoms with E-state index in [9.17, 15) is 0 Å². The Morgan fingerprint density at radius 1 is 0.386 bits per heavy atom. The molecular weight excluding hydrogens is 709 g/mol. The Morgan fingerprint density at radius 3 is 1.77 bits per heavy atom. The molecule has 0 radical (unpaired) electrons. The van der Waals surface area contributed by atoms with Crippen molar-refractivity contribution in [1.29, 1.82) is 0 Å². The number of thiophene rings is 1. The minimum absolute atomic E-state index is 0.0735. The van der Waals surface area contributed by atoms with Crippen molar-refractivity contribution in [1.82, 2.24) is 0 Å². The minimum Gasteiger partial charge on any atom is -0.455 e. The fourth-order valence-electron chi connectivity index (χ4n) is 10.3. The monoisotopic (exact) mass is 742 g/mol. The van der Waals surface area contributed by atoms with E-state index in [4.69, 9.17) is 4.42 Å². The van der Waals surface area contributed by atoms with Crippen molar-refractivity contribution < 1.29 is 4.42 Å². The average molecular weight is 743 g/mol. The van der Waals surface area contributed by atoms with Crippen LogP contribution < -0.4 is 0 Å². The molecule has 0 amide bonds. The number of hydrogen-bond acceptors (Lipinski definition) is 2. The van der Waals surface area contributed by atoms with Gasteiger partial charge in [0.25, 0.3) is 0 Å². The van der Waals surface area contributed by atoms with Crippen LogP contribution in [0.2, 0.25) is 0 Å². The van der Waals surface area contributed by atoms with Gasteiger partial charge in [0.1, 0.15) is 11.2 Å². The Bertz CT molecular complexity index is 3700. The van der Waals surface area contributed by atoms with Crippen molar-refractivity contribution in [2.45, 2.75) is 19.3 Å². The molecule has 1 aliphatic rings. The first kappa shape index (κ1) is 31.5. The van der Waals surface area contributed by atoms with Crippen LogP contribution in [0, 0.1) is 0 Å². The van der Waals surface area contributed by atoms with E-state index in [2.05, 4.69) is 178 Å². The summed E-state index contributed by atoms with van der Waals surface area (Å²) in [5.74, 6) is 0. The second kappa shape index (κ2) is 11.2. The molecule has 0 saturated heterocycles. The van der Waals surface area contributed by atoms with Crippen molar-refractivity contribution in [3.63, 3.8) is 0 Å². The van der Waals surface area contributed by atoms with Gasteiger partial charge in [-0.2, -0.15) is 0 Å². The van der Waals surface area contributed by atoms with Crippen LogP contribution in [0.3, 0.4) is 0 Å². The third-order valence-electron chi connectivity index (χ3n) is 13.0. The van der Waals surface area contributed by atoms with E-state index >= 15 is 0 Å². The summed E-state index contributed by atoms with van der Waals surface area (Å²) >= 11 is 1.88. The third kappa shape index (κ3) is 4.23. The lowest BCUT2D eigenvalue weighted by atomic mass is 9.80. The largest absolute Gasteiger partial charge is 0.455 e. The van der Waals surface area contributed by atoms with Crippen LogP contribution in [0.4, 0.5) is 0 Å². The molecule has 1 nitrogen and oxygen atoms in total. The number of furan rings is 1. The highest BCUT2D eigenvalue weighted by Gasteiger charge is 2.37. The highest BCUT2D eigenvalue weighted by Crippen LogP contribution is 2.53. The van der Waals surface area contributed by atoms with Gasteiger partial charge in [0, 0.05) is 41.7 Å². The summed E-state index contributed by atoms with van der Waals surface area (Å²) in [6, 6.07) is 63.3. The maximum Gasteiger partial charge on any atom is 0.143 e. The number of hydrogen-bond donors (Lipinski definition) is 0. The van der Waals surface area contributed by atoms with Gasteiger partial charge in [-0.1, -0.05) is 135 Å². The Morgan fingerprint density at radius 2 is 0.947 bits per heavy atom. The van der Waals surface area contributed by atoms with E-state index in [1.807, 2.05) is 17.4 Å². The number of benzene rings is 10. The second-order valence-electron chi connectivity index (χ2n) is 16.4. The maximum atomic E-state index is 6.58. The fraction of sp³-hybridized carbons (Fsp3) is 0.0545. The second-order valence-corrected chi connectivity index (χ2v) is 17.4. The molecule has 1 aliphatic carbocycles. The van der Waals surface area contributed by atoms with Gasteiger partial charge in [0.05, 0.1) is 0 Å². The van der Waals surface area contributed by atoms with E-state index in [1.54, 1.807) is 0 Å². The molecule has 0 N–H and O–H groups in total. The molecule has 10 aromatic carbocycles. The standard InChI is InChI=1S/C55H34OS/c1-55(2)47-17-9-7-16-42(47)52-38-14-5-3-11-34(38)43(30-48(52)55)33-21-26-51-46(29-33)45-28-32(20-25-50(45)57-51)31-19-22-36-40-23-24-41-37-13-8-10-18-49(37)56-54(41)53(40)39-15-6-4-12-35(39)44(36)27-31/h3-30H,1-2H3. The lowest BCUT2D eigenvalue weighted by molar-refractivity contribution is 0.661. The van der Waals surface area contributed by atoms with Gasteiger partial charge in [-0.15, -0.1) is 11.3 Å². The summed E-state index contributed by atoms with van der Waals surface area (Å²) in [4.78, 5) is 0. The van der Waals surface area contributed by atoms with Gasteiger partial charge in [-0.25, -0.2) is 0 Å². The topological polar surface area (TPSA) is 13.1 Å². The lowest BCUT2D eigenvalue weighted by Gasteiger charge is -2.23. The van der Waals surface area contributed by atoms with E-state index in [0.29, 0.717) is 0 Å². The van der Waals surface area contributed by atoms with Crippen LogP contribution >= 0.6 is 11.3 Å². The molecule has 12 aromatic rings. The van der Waals surface area contributed by atoms with Gasteiger partial charge >= 0.3 is 0 Å². The van der Waals surface area contributed by atoms with Crippen molar-refractivity contribution in [2.75, 3.05) is 0 Å². The van der Waals surface area contributed by atoms with Gasteiger partial charge in [0.15, 0.2) is 0 Å². The molecule has 0 unspecified atom stereocenters. The molecular formula is C55H34OS. The molecule has 0 atom stereocenters. The zero-order chi connectivity index (χ0) is 37.6. The molecule has 2 aromatic heterocycles. The summed E-state index contributed by atoms with van der Waals surface area (Å²) in [6.07, 6.45) is 0. The number of fused-ring (bicyclic) bond motifs is 18. The van der Waals surface area contributed by atoms with Crippen molar-refractivity contribution in [2.24, 2.45) is 0 Å².